The van der Waals surface area contributed by atoms with Crippen LogP contribution in [-0.2, 0) is 0 Å². The molecule has 1 aliphatic heterocycles. The van der Waals surface area contributed by atoms with Gasteiger partial charge in [0, 0.05) is 34.7 Å². The zero-order valence-corrected chi connectivity index (χ0v) is 13.9. The number of piperidine rings is 1. The van der Waals surface area contributed by atoms with Crippen molar-refractivity contribution < 1.29 is 4.79 Å². The van der Waals surface area contributed by atoms with E-state index in [-0.39, 0.29) is 5.91 Å². The van der Waals surface area contributed by atoms with E-state index in [1.54, 1.807) is 18.2 Å². The predicted octanol–water partition coefficient (Wildman–Crippen LogP) is 3.99. The molecule has 116 valence electrons. The number of nitrogens with one attached hydrogen (secondary N) is 1. The zero-order valence-electron chi connectivity index (χ0n) is 12.4. The molecule has 3 nitrogen and oxygen atoms in total. The van der Waals surface area contributed by atoms with Gasteiger partial charge in [0.1, 0.15) is 0 Å². The highest BCUT2D eigenvalue weighted by Crippen LogP contribution is 2.19. The van der Waals surface area contributed by atoms with E-state index in [2.05, 4.69) is 17.1 Å². The largest absolute Gasteiger partial charge is 0.352 e. The Bertz CT molecular complexity index is 473. The third-order valence-corrected chi connectivity index (χ3v) is 4.41. The van der Waals surface area contributed by atoms with Gasteiger partial charge in [0.05, 0.1) is 0 Å². The van der Waals surface area contributed by atoms with Crippen molar-refractivity contribution in [3.8, 4) is 0 Å². The molecule has 0 bridgehead atoms. The first-order valence-electron chi connectivity index (χ1n) is 7.54. The fourth-order valence-corrected chi connectivity index (χ4v) is 3.29. The molecular weight excluding hydrogens is 307 g/mol. The van der Waals surface area contributed by atoms with Crippen LogP contribution < -0.4 is 5.32 Å². The Morgan fingerprint density at radius 3 is 2.67 bits per heavy atom. The van der Waals surface area contributed by atoms with Gasteiger partial charge in [-0.3, -0.25) is 4.79 Å². The molecule has 1 atom stereocenters. The molecule has 1 saturated heterocycles. The summed E-state index contributed by atoms with van der Waals surface area (Å²) in [5.41, 5.74) is 0.513. The number of halogens is 2. The number of carbonyl (C=O) groups excluding carboxylic acids is 1. The first-order valence-corrected chi connectivity index (χ1v) is 8.30. The molecule has 0 spiro atoms. The van der Waals surface area contributed by atoms with Crippen molar-refractivity contribution in [3.63, 3.8) is 0 Å². The van der Waals surface area contributed by atoms with Crippen LogP contribution in [0.3, 0.4) is 0 Å². The Morgan fingerprint density at radius 2 is 2.00 bits per heavy atom. The van der Waals surface area contributed by atoms with Gasteiger partial charge in [-0.05, 0) is 50.9 Å². The van der Waals surface area contributed by atoms with Crippen LogP contribution in [0, 0.1) is 0 Å². The minimum atomic E-state index is -0.119. The van der Waals surface area contributed by atoms with Gasteiger partial charge in [0.2, 0.25) is 0 Å². The summed E-state index contributed by atoms with van der Waals surface area (Å²) < 4.78 is 0. The third-order valence-electron chi connectivity index (χ3n) is 3.97. The van der Waals surface area contributed by atoms with E-state index in [1.165, 1.54) is 25.8 Å². The lowest BCUT2D eigenvalue weighted by atomic mass is 10.0. The lowest BCUT2D eigenvalue weighted by Crippen LogP contribution is -2.39. The monoisotopic (exact) mass is 328 g/mol. The number of hydrogen-bond acceptors (Lipinski definition) is 2. The summed E-state index contributed by atoms with van der Waals surface area (Å²) in [6, 6.07) is 5.56. The van der Waals surface area contributed by atoms with Crippen molar-refractivity contribution >= 4 is 29.1 Å². The van der Waals surface area contributed by atoms with E-state index >= 15 is 0 Å². The number of carbonyl (C=O) groups is 1. The lowest BCUT2D eigenvalue weighted by molar-refractivity contribution is 0.0949. The maximum absolute atomic E-state index is 12.0. The summed E-state index contributed by atoms with van der Waals surface area (Å²) in [6.45, 7) is 5.18. The van der Waals surface area contributed by atoms with E-state index in [4.69, 9.17) is 23.2 Å². The van der Waals surface area contributed by atoms with Gasteiger partial charge in [0.15, 0.2) is 0 Å². The number of hydrogen-bond donors (Lipinski definition) is 1. The van der Waals surface area contributed by atoms with Crippen LogP contribution in [-0.4, -0.2) is 36.5 Å². The molecule has 0 saturated carbocycles. The number of benzene rings is 1. The van der Waals surface area contributed by atoms with E-state index in [0.29, 0.717) is 28.2 Å². The molecule has 0 aliphatic carbocycles. The molecule has 1 fully saturated rings. The van der Waals surface area contributed by atoms with Gasteiger partial charge in [0.25, 0.3) is 5.91 Å². The molecule has 1 unspecified atom stereocenters. The topological polar surface area (TPSA) is 32.3 Å². The van der Waals surface area contributed by atoms with Crippen molar-refractivity contribution in [2.75, 3.05) is 19.6 Å². The van der Waals surface area contributed by atoms with Crippen LogP contribution in [0.25, 0.3) is 0 Å². The van der Waals surface area contributed by atoms with Crippen LogP contribution >= 0.6 is 23.2 Å². The molecule has 0 radical (unpaired) electrons. The standard InChI is InChI=1S/C16H22Cl2N2O/c1-12-5-2-3-7-20(12)8-4-6-19-16(21)13-9-14(17)11-15(18)10-13/h9-12H,2-8H2,1H3,(H,19,21). The maximum atomic E-state index is 12.0. The summed E-state index contributed by atoms with van der Waals surface area (Å²) in [5.74, 6) is -0.119. The molecule has 21 heavy (non-hydrogen) atoms. The van der Waals surface area contributed by atoms with Crippen molar-refractivity contribution in [3.05, 3.63) is 33.8 Å². The fourth-order valence-electron chi connectivity index (χ4n) is 2.76. The molecule has 1 N–H and O–H groups in total. The predicted molar refractivity (Wildman–Crippen MR) is 88.3 cm³/mol. The Hall–Kier alpha value is -0.770. The van der Waals surface area contributed by atoms with Crippen molar-refractivity contribution in [2.45, 2.75) is 38.6 Å². The van der Waals surface area contributed by atoms with Gasteiger partial charge < -0.3 is 10.2 Å². The number of amides is 1. The molecule has 5 heteroatoms. The van der Waals surface area contributed by atoms with Gasteiger partial charge in [-0.25, -0.2) is 0 Å². The molecular formula is C16H22Cl2N2O. The van der Waals surface area contributed by atoms with Crippen LogP contribution in [0.5, 0.6) is 0 Å². The summed E-state index contributed by atoms with van der Waals surface area (Å²) in [7, 11) is 0. The molecule has 2 rings (SSSR count). The van der Waals surface area contributed by atoms with Crippen LogP contribution in [0.1, 0.15) is 43.0 Å². The lowest BCUT2D eigenvalue weighted by Gasteiger charge is -2.33. The highest BCUT2D eigenvalue weighted by Gasteiger charge is 2.17. The zero-order chi connectivity index (χ0) is 15.2. The molecule has 0 aromatic heterocycles. The molecule has 1 aromatic carbocycles. The van der Waals surface area contributed by atoms with Gasteiger partial charge in [-0.1, -0.05) is 29.6 Å². The molecule has 1 amide bonds. The normalized spacial score (nSPS) is 19.5. The smallest absolute Gasteiger partial charge is 0.251 e. The summed E-state index contributed by atoms with van der Waals surface area (Å²) in [6.07, 6.45) is 4.87. The van der Waals surface area contributed by atoms with E-state index in [9.17, 15) is 4.79 Å². The van der Waals surface area contributed by atoms with Gasteiger partial charge >= 0.3 is 0 Å². The van der Waals surface area contributed by atoms with E-state index in [0.717, 1.165) is 13.0 Å². The van der Waals surface area contributed by atoms with E-state index < -0.39 is 0 Å². The molecule has 1 aliphatic rings. The molecule has 1 heterocycles. The summed E-state index contributed by atoms with van der Waals surface area (Å²) in [5, 5.41) is 3.89. The second-order valence-corrected chi connectivity index (χ2v) is 6.52. The van der Waals surface area contributed by atoms with Crippen molar-refractivity contribution in [2.24, 2.45) is 0 Å². The Balaban J connectivity index is 1.74. The Morgan fingerprint density at radius 1 is 1.29 bits per heavy atom. The van der Waals surface area contributed by atoms with Gasteiger partial charge in [-0.15, -0.1) is 0 Å². The first-order chi connectivity index (χ1) is 10.1. The highest BCUT2D eigenvalue weighted by atomic mass is 35.5. The van der Waals surface area contributed by atoms with Crippen molar-refractivity contribution in [1.82, 2.24) is 10.2 Å². The Labute approximate surface area is 136 Å². The average Bonchev–Trinajstić information content (AvgIpc) is 2.44. The minimum Gasteiger partial charge on any atom is -0.352 e. The summed E-state index contributed by atoms with van der Waals surface area (Å²) in [4.78, 5) is 14.5. The Kier molecular flexibility index (Phi) is 6.34. The van der Waals surface area contributed by atoms with E-state index in [1.807, 2.05) is 0 Å². The second-order valence-electron chi connectivity index (χ2n) is 5.65. The van der Waals surface area contributed by atoms with Crippen molar-refractivity contribution in [1.29, 1.82) is 0 Å². The number of likely N-dealkylation sites (tertiary alicyclic amines) is 1. The second kappa shape index (κ2) is 8.02. The number of rotatable bonds is 5. The highest BCUT2D eigenvalue weighted by molar-refractivity contribution is 6.35. The van der Waals surface area contributed by atoms with Crippen LogP contribution in [0.15, 0.2) is 18.2 Å². The van der Waals surface area contributed by atoms with Gasteiger partial charge in [-0.2, -0.15) is 0 Å². The third kappa shape index (κ3) is 5.17. The quantitative estimate of drug-likeness (QED) is 0.829. The maximum Gasteiger partial charge on any atom is 0.251 e. The first kappa shape index (κ1) is 16.6. The average molecular weight is 329 g/mol. The fraction of sp³-hybridized carbons (Fsp3) is 0.562. The van der Waals surface area contributed by atoms with Crippen LogP contribution in [0.4, 0.5) is 0 Å². The SMILES string of the molecule is CC1CCCCN1CCCNC(=O)c1cc(Cl)cc(Cl)c1. The molecule has 1 aromatic rings. The number of nitrogens with zero attached hydrogens (tertiary/aromatic N) is 1. The minimum absolute atomic E-state index is 0.119. The van der Waals surface area contributed by atoms with Crippen LogP contribution in [0.2, 0.25) is 10.0 Å². The summed E-state index contributed by atoms with van der Waals surface area (Å²) >= 11 is 11.8.